The molecule has 0 saturated carbocycles. The van der Waals surface area contributed by atoms with E-state index in [9.17, 15) is 10.2 Å². The van der Waals surface area contributed by atoms with E-state index in [0.29, 0.717) is 11.5 Å². The monoisotopic (exact) mass is 218 g/mol. The van der Waals surface area contributed by atoms with Crippen molar-refractivity contribution in [2.45, 2.75) is 39.5 Å². The first-order valence-corrected chi connectivity index (χ1v) is 5.77. The van der Waals surface area contributed by atoms with Crippen LogP contribution in [0.2, 0.25) is 0 Å². The first kappa shape index (κ1) is 11.1. The summed E-state index contributed by atoms with van der Waals surface area (Å²) in [6.45, 7) is 3.89. The summed E-state index contributed by atoms with van der Waals surface area (Å²) in [5.41, 5.74) is 4.56. The highest BCUT2D eigenvalue weighted by Gasteiger charge is 2.16. The van der Waals surface area contributed by atoms with Crippen LogP contribution in [0.5, 0.6) is 0 Å². The minimum atomic E-state index is 0.510. The molecule has 2 nitrogen and oxygen atoms in total. The Morgan fingerprint density at radius 1 is 0.750 bits per heavy atom. The summed E-state index contributed by atoms with van der Waals surface area (Å²) in [6, 6.07) is 0. The van der Waals surface area contributed by atoms with Gasteiger partial charge in [-0.15, -0.1) is 0 Å². The van der Waals surface area contributed by atoms with Gasteiger partial charge in [0.25, 0.3) is 0 Å². The molecule has 0 aromatic rings. The van der Waals surface area contributed by atoms with Crippen LogP contribution in [0.25, 0.3) is 0 Å². The SMILES string of the molecule is CC1=C(O)CCC(C2=CC(C)=C(O)CC2)=C1. The summed E-state index contributed by atoms with van der Waals surface area (Å²) < 4.78 is 0. The zero-order valence-corrected chi connectivity index (χ0v) is 9.88. The molecule has 0 heterocycles. The number of aliphatic hydroxyl groups is 2. The molecule has 0 aromatic heterocycles. The van der Waals surface area contributed by atoms with Crippen molar-refractivity contribution in [1.29, 1.82) is 0 Å². The molecule has 0 amide bonds. The summed E-state index contributed by atoms with van der Waals surface area (Å²) in [6.07, 6.45) is 7.43. The van der Waals surface area contributed by atoms with Crippen LogP contribution in [0.1, 0.15) is 39.5 Å². The third-order valence-corrected chi connectivity index (χ3v) is 3.37. The molecule has 2 aliphatic rings. The highest BCUT2D eigenvalue weighted by molar-refractivity contribution is 5.45. The lowest BCUT2D eigenvalue weighted by atomic mass is 9.87. The minimum Gasteiger partial charge on any atom is -0.512 e. The van der Waals surface area contributed by atoms with Crippen LogP contribution >= 0.6 is 0 Å². The van der Waals surface area contributed by atoms with Crippen LogP contribution in [0.4, 0.5) is 0 Å². The van der Waals surface area contributed by atoms with Crippen molar-refractivity contribution >= 4 is 0 Å². The number of hydrogen-bond donors (Lipinski definition) is 2. The molecule has 0 aliphatic heterocycles. The van der Waals surface area contributed by atoms with Gasteiger partial charge in [-0.05, 0) is 49.0 Å². The van der Waals surface area contributed by atoms with Gasteiger partial charge in [-0.1, -0.05) is 12.2 Å². The fourth-order valence-corrected chi connectivity index (χ4v) is 2.24. The molecular formula is C14H18O2. The van der Waals surface area contributed by atoms with Gasteiger partial charge in [-0.25, -0.2) is 0 Å². The molecule has 0 bridgehead atoms. The fraction of sp³-hybridized carbons (Fsp3) is 0.429. The Kier molecular flexibility index (Phi) is 2.90. The van der Waals surface area contributed by atoms with Crippen LogP contribution in [-0.4, -0.2) is 10.2 Å². The number of rotatable bonds is 1. The van der Waals surface area contributed by atoms with Gasteiger partial charge < -0.3 is 10.2 Å². The van der Waals surface area contributed by atoms with Gasteiger partial charge in [0.15, 0.2) is 0 Å². The van der Waals surface area contributed by atoms with Crippen molar-refractivity contribution in [3.63, 3.8) is 0 Å². The Balaban J connectivity index is 2.29. The average Bonchev–Trinajstić information content (AvgIpc) is 2.26. The molecule has 16 heavy (non-hydrogen) atoms. The van der Waals surface area contributed by atoms with Crippen LogP contribution in [0, 0.1) is 0 Å². The van der Waals surface area contributed by atoms with Gasteiger partial charge in [-0.3, -0.25) is 0 Å². The Bertz CT molecular complexity index is 392. The van der Waals surface area contributed by atoms with Crippen LogP contribution in [0.3, 0.4) is 0 Å². The highest BCUT2D eigenvalue weighted by atomic mass is 16.3. The fourth-order valence-electron chi connectivity index (χ4n) is 2.24. The predicted octanol–water partition coefficient (Wildman–Crippen LogP) is 4.09. The Hall–Kier alpha value is -1.44. The Morgan fingerprint density at radius 2 is 1.12 bits per heavy atom. The molecule has 0 radical (unpaired) electrons. The first-order chi connectivity index (χ1) is 7.58. The molecule has 0 saturated heterocycles. The molecule has 0 fully saturated rings. The van der Waals surface area contributed by atoms with E-state index in [4.69, 9.17) is 0 Å². The Morgan fingerprint density at radius 3 is 1.44 bits per heavy atom. The average molecular weight is 218 g/mol. The van der Waals surface area contributed by atoms with Gasteiger partial charge in [0.2, 0.25) is 0 Å². The first-order valence-electron chi connectivity index (χ1n) is 5.77. The lowest BCUT2D eigenvalue weighted by Crippen LogP contribution is -2.04. The quantitative estimate of drug-likeness (QED) is 0.696. The minimum absolute atomic E-state index is 0.510. The second-order valence-corrected chi connectivity index (χ2v) is 4.60. The number of hydrogen-bond acceptors (Lipinski definition) is 2. The van der Waals surface area contributed by atoms with E-state index >= 15 is 0 Å². The zero-order chi connectivity index (χ0) is 11.7. The Labute approximate surface area is 96.3 Å². The van der Waals surface area contributed by atoms with E-state index in [0.717, 1.165) is 36.8 Å². The number of aliphatic hydroxyl groups excluding tert-OH is 2. The van der Waals surface area contributed by atoms with Gasteiger partial charge in [-0.2, -0.15) is 0 Å². The summed E-state index contributed by atoms with van der Waals surface area (Å²) in [5, 5.41) is 19.1. The second kappa shape index (κ2) is 4.20. The molecule has 0 unspecified atom stereocenters. The molecule has 2 N–H and O–H groups in total. The van der Waals surface area contributed by atoms with Crippen molar-refractivity contribution in [3.8, 4) is 0 Å². The maximum atomic E-state index is 9.55. The third kappa shape index (κ3) is 2.06. The van der Waals surface area contributed by atoms with Crippen LogP contribution in [-0.2, 0) is 0 Å². The highest BCUT2D eigenvalue weighted by Crippen LogP contribution is 2.33. The van der Waals surface area contributed by atoms with E-state index in [1.807, 2.05) is 13.8 Å². The van der Waals surface area contributed by atoms with Gasteiger partial charge >= 0.3 is 0 Å². The zero-order valence-electron chi connectivity index (χ0n) is 9.88. The molecule has 2 aliphatic carbocycles. The second-order valence-electron chi connectivity index (χ2n) is 4.60. The topological polar surface area (TPSA) is 40.5 Å². The summed E-state index contributed by atoms with van der Waals surface area (Å²) in [4.78, 5) is 0. The molecule has 2 rings (SSSR count). The van der Waals surface area contributed by atoms with E-state index in [1.165, 1.54) is 11.1 Å². The molecular weight excluding hydrogens is 200 g/mol. The standard InChI is InChI=1S/C14H18O2/c1-9-7-11(3-5-13(9)15)12-4-6-14(16)10(2)8-12/h7-8,15-16H,3-6H2,1-2H3. The van der Waals surface area contributed by atoms with E-state index in [-0.39, 0.29) is 0 Å². The summed E-state index contributed by atoms with van der Waals surface area (Å²) >= 11 is 0. The summed E-state index contributed by atoms with van der Waals surface area (Å²) in [7, 11) is 0. The van der Waals surface area contributed by atoms with E-state index in [2.05, 4.69) is 12.2 Å². The molecule has 86 valence electrons. The normalized spacial score (nSPS) is 22.1. The lowest BCUT2D eigenvalue weighted by Gasteiger charge is -2.20. The van der Waals surface area contributed by atoms with Crippen molar-refractivity contribution in [2.24, 2.45) is 0 Å². The van der Waals surface area contributed by atoms with Crippen molar-refractivity contribution in [1.82, 2.24) is 0 Å². The van der Waals surface area contributed by atoms with E-state index in [1.54, 1.807) is 0 Å². The van der Waals surface area contributed by atoms with Crippen LogP contribution < -0.4 is 0 Å². The lowest BCUT2D eigenvalue weighted by molar-refractivity contribution is 0.376. The van der Waals surface area contributed by atoms with Crippen molar-refractivity contribution in [3.05, 3.63) is 46.0 Å². The molecule has 0 spiro atoms. The van der Waals surface area contributed by atoms with Crippen molar-refractivity contribution < 1.29 is 10.2 Å². The molecule has 0 aromatic carbocycles. The smallest absolute Gasteiger partial charge is 0.0955 e. The maximum Gasteiger partial charge on any atom is 0.0955 e. The van der Waals surface area contributed by atoms with Gasteiger partial charge in [0.1, 0.15) is 0 Å². The van der Waals surface area contributed by atoms with Crippen LogP contribution in [0.15, 0.2) is 46.0 Å². The number of allylic oxidation sites excluding steroid dienone is 8. The predicted molar refractivity (Wildman–Crippen MR) is 65.3 cm³/mol. The molecule has 0 atom stereocenters. The van der Waals surface area contributed by atoms with E-state index < -0.39 is 0 Å². The summed E-state index contributed by atoms with van der Waals surface area (Å²) in [5.74, 6) is 1.02. The largest absolute Gasteiger partial charge is 0.512 e. The maximum absolute atomic E-state index is 9.55. The third-order valence-electron chi connectivity index (χ3n) is 3.37. The van der Waals surface area contributed by atoms with Crippen molar-refractivity contribution in [2.75, 3.05) is 0 Å². The van der Waals surface area contributed by atoms with Gasteiger partial charge in [0, 0.05) is 12.8 Å². The molecule has 2 heteroatoms. The van der Waals surface area contributed by atoms with Gasteiger partial charge in [0.05, 0.1) is 11.5 Å².